The molecular formula is C44H36Cl6N8O6. The Labute approximate surface area is 397 Å². The summed E-state index contributed by atoms with van der Waals surface area (Å²) in [7, 11) is 0. The van der Waals surface area contributed by atoms with Gasteiger partial charge in [0.2, 0.25) is 12.1 Å². The number of alkyl halides is 2. The quantitative estimate of drug-likeness (QED) is 0.0430. The maximum atomic E-state index is 13.3. The summed E-state index contributed by atoms with van der Waals surface area (Å²) in [5, 5.41) is 25.7. The van der Waals surface area contributed by atoms with Gasteiger partial charge in [-0.25, -0.2) is 0 Å². The normalized spacial score (nSPS) is 13.2. The van der Waals surface area contributed by atoms with E-state index in [1.165, 1.54) is 48.5 Å². The van der Waals surface area contributed by atoms with Crippen molar-refractivity contribution in [2.24, 2.45) is 20.5 Å². The summed E-state index contributed by atoms with van der Waals surface area (Å²) in [6.45, 7) is 5.85. The Morgan fingerprint density at radius 1 is 0.484 bits per heavy atom. The highest BCUT2D eigenvalue weighted by Crippen LogP contribution is 2.35. The highest BCUT2D eigenvalue weighted by Gasteiger charge is 2.27. The fraction of sp³-hybridized carbons (Fsp3) is 0.182. The highest BCUT2D eigenvalue weighted by molar-refractivity contribution is 6.40. The average molecular weight is 986 g/mol. The van der Waals surface area contributed by atoms with Gasteiger partial charge in [-0.1, -0.05) is 70.7 Å². The number of hydrogen-bond donors (Lipinski definition) is 4. The van der Waals surface area contributed by atoms with Crippen LogP contribution in [0.15, 0.2) is 118 Å². The lowest BCUT2D eigenvalue weighted by Crippen LogP contribution is -2.32. The van der Waals surface area contributed by atoms with Crippen LogP contribution in [0.5, 0.6) is 0 Å². The van der Waals surface area contributed by atoms with Crippen LogP contribution in [0.4, 0.5) is 34.1 Å². The summed E-state index contributed by atoms with van der Waals surface area (Å²) in [5.41, 5.74) is 2.78. The molecule has 0 aromatic heterocycles. The fourth-order valence-electron chi connectivity index (χ4n) is 5.68. The topological polar surface area (TPSA) is 200 Å². The van der Waals surface area contributed by atoms with E-state index >= 15 is 0 Å². The highest BCUT2D eigenvalue weighted by atomic mass is 35.5. The second-order valence-corrected chi connectivity index (χ2v) is 16.9. The van der Waals surface area contributed by atoms with Crippen LogP contribution in [0.3, 0.4) is 0 Å². The molecule has 4 N–H and O–H groups in total. The van der Waals surface area contributed by atoms with Gasteiger partial charge in [-0.3, -0.25) is 28.8 Å². The van der Waals surface area contributed by atoms with E-state index in [1.807, 2.05) is 12.1 Å². The second kappa shape index (κ2) is 22.2. The van der Waals surface area contributed by atoms with Gasteiger partial charge in [0.1, 0.15) is 0 Å². The number of nitrogens with zero attached hydrogens (tertiary/aromatic N) is 4. The number of azo groups is 2. The molecule has 5 rings (SSSR count). The van der Waals surface area contributed by atoms with E-state index in [9.17, 15) is 28.8 Å². The Bertz CT molecular complexity index is 2690. The second-order valence-electron chi connectivity index (χ2n) is 14.0. The van der Waals surface area contributed by atoms with Gasteiger partial charge in [0.05, 0.1) is 59.0 Å². The summed E-state index contributed by atoms with van der Waals surface area (Å²) >= 11 is 37.9. The molecule has 0 saturated carbocycles. The van der Waals surface area contributed by atoms with Gasteiger partial charge in [0.15, 0.2) is 11.6 Å². The van der Waals surface area contributed by atoms with Gasteiger partial charge in [0, 0.05) is 17.1 Å². The van der Waals surface area contributed by atoms with Gasteiger partial charge >= 0.3 is 0 Å². The summed E-state index contributed by atoms with van der Waals surface area (Å²) in [5.74, 6) is -4.32. The molecule has 5 aromatic carbocycles. The van der Waals surface area contributed by atoms with Crippen molar-refractivity contribution in [2.75, 3.05) is 21.3 Å². The number of hydrogen-bond acceptors (Lipinski definition) is 10. The summed E-state index contributed by atoms with van der Waals surface area (Å²) in [6.07, 6.45) is 0. The van der Waals surface area contributed by atoms with E-state index in [4.69, 9.17) is 69.6 Å². The number of Topliss-reactive ketones (excluding diaryl/α,β-unsaturated/α-hetero) is 2. The number of carbonyl (C=O) groups is 6. The zero-order chi connectivity index (χ0) is 46.8. The molecule has 4 unspecified atom stereocenters. The van der Waals surface area contributed by atoms with Gasteiger partial charge in [0.25, 0.3) is 23.6 Å². The third kappa shape index (κ3) is 13.2. The Hall–Kier alpha value is -5.74. The average Bonchev–Trinajstić information content (AvgIpc) is 3.23. The van der Waals surface area contributed by atoms with E-state index < -0.39 is 47.3 Å². The largest absolute Gasteiger partial charge is 0.324 e. The number of benzene rings is 5. The fourth-order valence-corrected chi connectivity index (χ4v) is 6.94. The SMILES string of the molecule is CC(=O)C(N=Nc1ccc(Cl)c(C(=O)Nc2cccc(C(C)Cl)c2)c1)C(=O)Nc1cc(Cl)c(NC(=O)C(N=Nc2ccc(Cl)c(C(=O)Nc3cccc(C(C)Cl)c3)c2)C(C)=O)c(Cl)c1. The molecule has 0 aliphatic carbocycles. The molecule has 0 aliphatic heterocycles. The van der Waals surface area contributed by atoms with E-state index in [2.05, 4.69) is 41.7 Å². The van der Waals surface area contributed by atoms with Crippen molar-refractivity contribution in [1.82, 2.24) is 0 Å². The van der Waals surface area contributed by atoms with Crippen molar-refractivity contribution in [1.29, 1.82) is 0 Å². The molecule has 0 aliphatic rings. The number of rotatable bonds is 16. The Morgan fingerprint density at radius 3 is 1.28 bits per heavy atom. The van der Waals surface area contributed by atoms with Crippen molar-refractivity contribution >= 4 is 139 Å². The Balaban J connectivity index is 1.25. The number of nitrogens with one attached hydrogen (secondary N) is 4. The first-order chi connectivity index (χ1) is 30.3. The molecule has 330 valence electrons. The van der Waals surface area contributed by atoms with E-state index in [0.717, 1.165) is 25.0 Å². The molecule has 0 saturated heterocycles. The molecule has 4 atom stereocenters. The molecule has 20 heteroatoms. The minimum absolute atomic E-state index is 0.0178. The monoisotopic (exact) mass is 982 g/mol. The van der Waals surface area contributed by atoms with Gasteiger partial charge in [-0.05, 0) is 112 Å². The molecule has 0 bridgehead atoms. The molecule has 0 heterocycles. The minimum atomic E-state index is -1.68. The summed E-state index contributed by atoms with van der Waals surface area (Å²) in [6, 6.07) is 21.5. The number of amides is 4. The first-order valence-electron chi connectivity index (χ1n) is 18.9. The molecule has 64 heavy (non-hydrogen) atoms. The summed E-state index contributed by atoms with van der Waals surface area (Å²) in [4.78, 5) is 78.0. The number of halogens is 6. The smallest absolute Gasteiger partial charge is 0.258 e. The van der Waals surface area contributed by atoms with Crippen molar-refractivity contribution in [2.45, 2.75) is 50.5 Å². The first kappa shape index (κ1) is 49.3. The standard InChI is InChI=1S/C44H36Cl6N8O6/c1-21(45)25-7-5-9-27(15-25)51-41(61)32-17-29(11-13-34(32)47)55-57-38(23(3)59)43(63)53-31-19-36(49)40(37(50)20-31)54-44(64)39(24(4)60)58-56-30-12-14-35(48)33(18-30)42(62)52-28-10-6-8-26(16-28)22(2)46/h5-22,38-39H,1-4H3,(H,51,61)(H,52,62)(H,53,63)(H,54,64). The van der Waals surface area contributed by atoms with Crippen LogP contribution in [-0.4, -0.2) is 47.3 Å². The van der Waals surface area contributed by atoms with E-state index in [1.54, 1.807) is 50.2 Å². The molecule has 0 spiro atoms. The zero-order valence-electron chi connectivity index (χ0n) is 34.1. The Kier molecular flexibility index (Phi) is 17.1. The van der Waals surface area contributed by atoms with Crippen LogP contribution in [0.2, 0.25) is 20.1 Å². The van der Waals surface area contributed by atoms with Crippen LogP contribution in [-0.2, 0) is 19.2 Å². The number of carbonyl (C=O) groups excluding carboxylic acids is 6. The third-order valence-corrected chi connectivity index (χ3v) is 10.8. The third-order valence-electron chi connectivity index (χ3n) is 9.00. The van der Waals surface area contributed by atoms with E-state index in [-0.39, 0.29) is 64.7 Å². The van der Waals surface area contributed by atoms with Crippen molar-refractivity contribution in [3.05, 3.63) is 139 Å². The Morgan fingerprint density at radius 2 is 0.891 bits per heavy atom. The predicted molar refractivity (Wildman–Crippen MR) is 252 cm³/mol. The van der Waals surface area contributed by atoms with Crippen LogP contribution in [0.25, 0.3) is 0 Å². The molecular weight excluding hydrogens is 949 g/mol. The van der Waals surface area contributed by atoms with Gasteiger partial charge in [-0.15, -0.1) is 23.2 Å². The number of anilines is 4. The molecule has 0 radical (unpaired) electrons. The van der Waals surface area contributed by atoms with E-state index in [0.29, 0.717) is 11.4 Å². The first-order valence-corrected chi connectivity index (χ1v) is 21.3. The van der Waals surface area contributed by atoms with Crippen molar-refractivity contribution in [3.63, 3.8) is 0 Å². The maximum absolute atomic E-state index is 13.3. The van der Waals surface area contributed by atoms with Gasteiger partial charge < -0.3 is 21.3 Å². The van der Waals surface area contributed by atoms with Crippen LogP contribution in [0.1, 0.15) is 70.3 Å². The van der Waals surface area contributed by atoms with Crippen molar-refractivity contribution in [3.8, 4) is 0 Å². The zero-order valence-corrected chi connectivity index (χ0v) is 38.6. The van der Waals surface area contributed by atoms with Crippen LogP contribution in [0, 0.1) is 0 Å². The maximum Gasteiger partial charge on any atom is 0.258 e. The lowest BCUT2D eigenvalue weighted by atomic mass is 10.1. The molecule has 5 aromatic rings. The van der Waals surface area contributed by atoms with Crippen LogP contribution >= 0.6 is 69.6 Å². The summed E-state index contributed by atoms with van der Waals surface area (Å²) < 4.78 is 0. The van der Waals surface area contributed by atoms with Crippen molar-refractivity contribution < 1.29 is 28.8 Å². The molecule has 14 nitrogen and oxygen atoms in total. The molecule has 0 fully saturated rings. The minimum Gasteiger partial charge on any atom is -0.324 e. The predicted octanol–water partition coefficient (Wildman–Crippen LogP) is 12.8. The lowest BCUT2D eigenvalue weighted by Gasteiger charge is -2.15. The van der Waals surface area contributed by atoms with Gasteiger partial charge in [-0.2, -0.15) is 20.5 Å². The lowest BCUT2D eigenvalue weighted by molar-refractivity contribution is -0.127. The molecule has 4 amide bonds. The number of ketones is 2. The van der Waals surface area contributed by atoms with Crippen LogP contribution < -0.4 is 21.3 Å².